The van der Waals surface area contributed by atoms with Gasteiger partial charge < -0.3 is 10.2 Å². The Kier molecular flexibility index (Phi) is 6.96. The van der Waals surface area contributed by atoms with Gasteiger partial charge in [0.15, 0.2) is 5.82 Å². The summed E-state index contributed by atoms with van der Waals surface area (Å²) in [6.07, 6.45) is -0.189. The highest BCUT2D eigenvalue weighted by molar-refractivity contribution is 6.00. The number of carbonyl (C=O) groups excluding carboxylic acids is 1. The molecule has 0 radical (unpaired) electrons. The SMILES string of the molecule is CCN(C(=O)c1c(F)cccc1-c1ncccn1)[C@@H](C)CNc1ncc(C(F)(F)F)cn1. The van der Waals surface area contributed by atoms with E-state index in [1.54, 1.807) is 26.0 Å². The minimum atomic E-state index is -4.53. The van der Waals surface area contributed by atoms with Gasteiger partial charge in [-0.05, 0) is 26.0 Å². The number of hydrogen-bond donors (Lipinski definition) is 1. The van der Waals surface area contributed by atoms with Crippen LogP contribution >= 0.6 is 0 Å². The molecular weight excluding hydrogens is 428 g/mol. The van der Waals surface area contributed by atoms with Crippen molar-refractivity contribution in [2.75, 3.05) is 18.4 Å². The second-order valence-corrected chi connectivity index (χ2v) is 6.85. The standard InChI is InChI=1S/C21H20F4N6O/c1-3-31(13(2)10-28-20-29-11-14(12-30-20)21(23,24)25)19(32)17-15(6-4-7-16(17)22)18-26-8-5-9-27-18/h4-9,11-13H,3,10H2,1-2H3,(H,28,29,30)/t13-/m0/s1. The molecule has 1 N–H and O–H groups in total. The molecule has 0 saturated heterocycles. The molecule has 0 spiro atoms. The molecule has 1 aromatic carbocycles. The van der Waals surface area contributed by atoms with Gasteiger partial charge in [-0.15, -0.1) is 0 Å². The van der Waals surface area contributed by atoms with Crippen LogP contribution in [0.4, 0.5) is 23.5 Å². The van der Waals surface area contributed by atoms with Gasteiger partial charge in [0.25, 0.3) is 5.91 Å². The number of nitrogens with zero attached hydrogens (tertiary/aromatic N) is 5. The Hall–Kier alpha value is -3.63. The molecule has 1 amide bonds. The van der Waals surface area contributed by atoms with Crippen molar-refractivity contribution in [3.8, 4) is 11.4 Å². The summed E-state index contributed by atoms with van der Waals surface area (Å²) < 4.78 is 52.6. The van der Waals surface area contributed by atoms with Crippen molar-refractivity contribution in [2.24, 2.45) is 0 Å². The summed E-state index contributed by atoms with van der Waals surface area (Å²) in [6, 6.07) is 5.38. The van der Waals surface area contributed by atoms with Crippen LogP contribution in [0.25, 0.3) is 11.4 Å². The average molecular weight is 448 g/mol. The van der Waals surface area contributed by atoms with Crippen LogP contribution in [0.1, 0.15) is 29.8 Å². The lowest BCUT2D eigenvalue weighted by molar-refractivity contribution is -0.138. The average Bonchev–Trinajstić information content (AvgIpc) is 2.78. The number of benzene rings is 1. The van der Waals surface area contributed by atoms with Crippen molar-refractivity contribution in [1.29, 1.82) is 0 Å². The summed E-state index contributed by atoms with van der Waals surface area (Å²) in [4.78, 5) is 30.2. The molecule has 0 unspecified atom stereocenters. The van der Waals surface area contributed by atoms with E-state index in [1.807, 2.05) is 0 Å². The normalized spacial score (nSPS) is 12.3. The maximum atomic E-state index is 14.7. The highest BCUT2D eigenvalue weighted by atomic mass is 19.4. The van der Waals surface area contributed by atoms with Gasteiger partial charge >= 0.3 is 6.18 Å². The van der Waals surface area contributed by atoms with Crippen LogP contribution in [0.5, 0.6) is 0 Å². The highest BCUT2D eigenvalue weighted by Gasteiger charge is 2.31. The number of alkyl halides is 3. The topological polar surface area (TPSA) is 83.9 Å². The minimum absolute atomic E-state index is 0.0161. The van der Waals surface area contributed by atoms with E-state index >= 15 is 0 Å². The van der Waals surface area contributed by atoms with Crippen molar-refractivity contribution < 1.29 is 22.4 Å². The molecule has 0 bridgehead atoms. The first kappa shape index (κ1) is 23.0. The maximum Gasteiger partial charge on any atom is 0.419 e. The van der Waals surface area contributed by atoms with Crippen molar-refractivity contribution in [3.63, 3.8) is 0 Å². The predicted molar refractivity (Wildman–Crippen MR) is 109 cm³/mol. The Morgan fingerprint density at radius 3 is 2.34 bits per heavy atom. The van der Waals surface area contributed by atoms with E-state index in [1.165, 1.54) is 29.4 Å². The fourth-order valence-electron chi connectivity index (χ4n) is 3.08. The number of amides is 1. The Balaban J connectivity index is 1.78. The largest absolute Gasteiger partial charge is 0.419 e. The number of anilines is 1. The van der Waals surface area contributed by atoms with E-state index in [4.69, 9.17) is 0 Å². The first-order chi connectivity index (χ1) is 15.2. The van der Waals surface area contributed by atoms with Gasteiger partial charge in [0.2, 0.25) is 5.95 Å². The molecule has 3 aromatic rings. The molecule has 0 saturated carbocycles. The summed E-state index contributed by atoms with van der Waals surface area (Å²) in [5.74, 6) is -1.06. The number of carbonyl (C=O) groups is 1. The van der Waals surface area contributed by atoms with Crippen molar-refractivity contribution in [1.82, 2.24) is 24.8 Å². The number of hydrogen-bond acceptors (Lipinski definition) is 6. The number of likely N-dealkylation sites (N-methyl/N-ethyl adjacent to an activating group) is 1. The Labute approximate surface area is 181 Å². The second-order valence-electron chi connectivity index (χ2n) is 6.85. The van der Waals surface area contributed by atoms with Crippen LogP contribution < -0.4 is 5.32 Å². The Morgan fingerprint density at radius 2 is 1.75 bits per heavy atom. The second kappa shape index (κ2) is 9.67. The third-order valence-electron chi connectivity index (χ3n) is 4.70. The van der Waals surface area contributed by atoms with Crippen LogP contribution in [0.3, 0.4) is 0 Å². The van der Waals surface area contributed by atoms with Crippen LogP contribution in [-0.4, -0.2) is 49.9 Å². The van der Waals surface area contributed by atoms with E-state index in [0.29, 0.717) is 12.4 Å². The quantitative estimate of drug-likeness (QED) is 0.549. The van der Waals surface area contributed by atoms with Gasteiger partial charge in [0.1, 0.15) is 5.82 Å². The minimum Gasteiger partial charge on any atom is -0.352 e. The molecule has 2 heterocycles. The van der Waals surface area contributed by atoms with Crippen LogP contribution in [0.15, 0.2) is 49.1 Å². The Bertz CT molecular complexity index is 1060. The molecule has 3 rings (SSSR count). The smallest absolute Gasteiger partial charge is 0.352 e. The first-order valence-corrected chi connectivity index (χ1v) is 9.72. The van der Waals surface area contributed by atoms with E-state index in [-0.39, 0.29) is 36.0 Å². The van der Waals surface area contributed by atoms with Crippen molar-refractivity contribution in [2.45, 2.75) is 26.1 Å². The highest BCUT2D eigenvalue weighted by Crippen LogP contribution is 2.28. The zero-order valence-electron chi connectivity index (χ0n) is 17.3. The third kappa shape index (κ3) is 5.16. The molecule has 7 nitrogen and oxygen atoms in total. The number of aromatic nitrogens is 4. The lowest BCUT2D eigenvalue weighted by Gasteiger charge is -2.29. The summed E-state index contributed by atoms with van der Waals surface area (Å²) >= 11 is 0. The molecule has 0 aliphatic carbocycles. The van der Waals surface area contributed by atoms with Gasteiger partial charge in [-0.1, -0.05) is 12.1 Å². The van der Waals surface area contributed by atoms with Crippen molar-refractivity contribution in [3.05, 3.63) is 66.0 Å². The lowest BCUT2D eigenvalue weighted by atomic mass is 10.0. The molecule has 32 heavy (non-hydrogen) atoms. The lowest BCUT2D eigenvalue weighted by Crippen LogP contribution is -2.43. The Morgan fingerprint density at radius 1 is 1.09 bits per heavy atom. The monoisotopic (exact) mass is 448 g/mol. The van der Waals surface area contributed by atoms with Gasteiger partial charge in [0.05, 0.1) is 11.1 Å². The van der Waals surface area contributed by atoms with Crippen molar-refractivity contribution >= 4 is 11.9 Å². The van der Waals surface area contributed by atoms with E-state index in [0.717, 1.165) is 0 Å². The van der Waals surface area contributed by atoms with Crippen LogP contribution in [0, 0.1) is 5.82 Å². The molecule has 168 valence electrons. The van der Waals surface area contributed by atoms with E-state index < -0.39 is 29.5 Å². The van der Waals surface area contributed by atoms with Crippen LogP contribution in [0.2, 0.25) is 0 Å². The summed E-state index contributed by atoms with van der Waals surface area (Å²) in [5, 5.41) is 2.80. The zero-order chi connectivity index (χ0) is 23.3. The van der Waals surface area contributed by atoms with E-state index in [2.05, 4.69) is 25.3 Å². The molecular formula is C21H20F4N6O. The molecule has 1 atom stereocenters. The zero-order valence-corrected chi connectivity index (χ0v) is 17.3. The van der Waals surface area contributed by atoms with Gasteiger partial charge in [0, 0.05) is 49.5 Å². The van der Waals surface area contributed by atoms with E-state index in [9.17, 15) is 22.4 Å². The summed E-state index contributed by atoms with van der Waals surface area (Å²) in [7, 11) is 0. The molecule has 2 aromatic heterocycles. The number of halogens is 4. The fourth-order valence-corrected chi connectivity index (χ4v) is 3.08. The maximum absolute atomic E-state index is 14.7. The molecule has 0 aliphatic heterocycles. The van der Waals surface area contributed by atoms with Gasteiger partial charge in [-0.25, -0.2) is 24.3 Å². The number of nitrogens with one attached hydrogen (secondary N) is 1. The van der Waals surface area contributed by atoms with Gasteiger partial charge in [-0.2, -0.15) is 13.2 Å². The molecule has 11 heteroatoms. The number of rotatable bonds is 7. The van der Waals surface area contributed by atoms with Gasteiger partial charge in [-0.3, -0.25) is 4.79 Å². The summed E-state index contributed by atoms with van der Waals surface area (Å²) in [6.45, 7) is 3.86. The predicted octanol–water partition coefficient (Wildman–Crippen LogP) is 4.05. The fraction of sp³-hybridized carbons (Fsp3) is 0.286. The van der Waals surface area contributed by atoms with Crippen LogP contribution in [-0.2, 0) is 6.18 Å². The molecule has 0 aliphatic rings. The molecule has 0 fully saturated rings. The third-order valence-corrected chi connectivity index (χ3v) is 4.70. The first-order valence-electron chi connectivity index (χ1n) is 9.72. The summed E-state index contributed by atoms with van der Waals surface area (Å²) in [5.41, 5.74) is -0.852.